The average molecular weight is 506 g/mol. The van der Waals surface area contributed by atoms with Gasteiger partial charge < -0.3 is 21.7 Å². The molecule has 1 atom stereocenters. The second-order valence-corrected chi connectivity index (χ2v) is 7.52. The fourth-order valence-electron chi connectivity index (χ4n) is 3.02. The zero-order valence-corrected chi connectivity index (χ0v) is 19.0. The molecule has 3 aromatic rings. The van der Waals surface area contributed by atoms with Crippen LogP contribution in [0.2, 0.25) is 0 Å². The van der Waals surface area contributed by atoms with E-state index in [9.17, 15) is 18.8 Å². The van der Waals surface area contributed by atoms with Crippen LogP contribution in [-0.4, -0.2) is 42.1 Å². The van der Waals surface area contributed by atoms with Crippen molar-refractivity contribution in [3.8, 4) is 11.8 Å². The number of hydrogen-bond acceptors (Lipinski definition) is 6. The molecule has 192 valence electrons. The number of hydroxylamine groups is 1. The largest absolute Gasteiger partial charge is 0.374 e. The van der Waals surface area contributed by atoms with Crippen LogP contribution < -0.4 is 27.2 Å². The van der Waals surface area contributed by atoms with E-state index in [-0.39, 0.29) is 32.1 Å². The minimum Gasteiger partial charge on any atom is -0.374 e. The maximum Gasteiger partial charge on any atom is 0.267 e. The van der Waals surface area contributed by atoms with Crippen molar-refractivity contribution in [2.75, 3.05) is 23.7 Å². The summed E-state index contributed by atoms with van der Waals surface area (Å²) in [6, 6.07) is 18.4. The molecule has 0 unspecified atom stereocenters. The summed E-state index contributed by atoms with van der Waals surface area (Å²) < 4.78 is 13.6. The van der Waals surface area contributed by atoms with Crippen LogP contribution in [0.5, 0.6) is 0 Å². The Hall–Kier alpha value is -4.72. The van der Waals surface area contributed by atoms with Gasteiger partial charge >= 0.3 is 0 Å². The Morgan fingerprint density at radius 2 is 1.51 bits per heavy atom. The number of para-hydroxylation sites is 1. The molecular weight excluding hydrogens is 477 g/mol. The molecule has 0 aliphatic rings. The lowest BCUT2D eigenvalue weighted by molar-refractivity contribution is -0.130. The van der Waals surface area contributed by atoms with Crippen molar-refractivity contribution in [3.63, 3.8) is 0 Å². The van der Waals surface area contributed by atoms with E-state index in [0.717, 1.165) is 0 Å². The second-order valence-electron chi connectivity index (χ2n) is 7.52. The summed E-state index contributed by atoms with van der Waals surface area (Å²) in [5, 5.41) is 16.6. The average Bonchev–Trinajstić information content (AvgIpc) is 2.90. The van der Waals surface area contributed by atoms with E-state index < -0.39 is 23.7 Å². The van der Waals surface area contributed by atoms with Gasteiger partial charge in [-0.1, -0.05) is 31.4 Å². The van der Waals surface area contributed by atoms with Gasteiger partial charge in [-0.2, -0.15) is 0 Å². The van der Waals surface area contributed by atoms with Crippen LogP contribution in [0, 0.1) is 17.7 Å². The van der Waals surface area contributed by atoms with Gasteiger partial charge in [0.1, 0.15) is 11.9 Å². The van der Waals surface area contributed by atoms with Crippen LogP contribution in [0.3, 0.4) is 0 Å². The summed E-state index contributed by atoms with van der Waals surface area (Å²) >= 11 is 0. The Kier molecular flexibility index (Phi) is 10.8. The van der Waals surface area contributed by atoms with E-state index in [1.807, 2.05) is 0 Å². The van der Waals surface area contributed by atoms with Gasteiger partial charge in [0.05, 0.1) is 12.2 Å². The lowest BCUT2D eigenvalue weighted by Crippen LogP contribution is -2.50. The van der Waals surface area contributed by atoms with Crippen molar-refractivity contribution in [3.05, 3.63) is 95.3 Å². The van der Waals surface area contributed by atoms with Crippen LogP contribution in [0.25, 0.3) is 0 Å². The first kappa shape index (κ1) is 28.5. The number of benzene rings is 3. The third-order valence-electron chi connectivity index (χ3n) is 4.95. The number of anilines is 2. The third kappa shape index (κ3) is 8.47. The Labute approximate surface area is 214 Å². The third-order valence-corrected chi connectivity index (χ3v) is 4.95. The number of nitrogens with two attached hydrogens (primary N) is 1. The molecule has 0 bridgehead atoms. The zero-order valence-electron chi connectivity index (χ0n) is 19.0. The summed E-state index contributed by atoms with van der Waals surface area (Å²) in [7, 11) is 0. The van der Waals surface area contributed by atoms with Crippen LogP contribution in [0.15, 0.2) is 72.8 Å². The molecule has 0 radical (unpaired) electrons. The number of halogens is 1. The minimum atomic E-state index is -1.06. The summed E-state index contributed by atoms with van der Waals surface area (Å²) in [6.45, 7) is -0.257. The molecule has 0 aliphatic carbocycles. The van der Waals surface area contributed by atoms with Gasteiger partial charge in [0, 0.05) is 28.9 Å². The van der Waals surface area contributed by atoms with Gasteiger partial charge in [-0.05, 0) is 60.7 Å². The standard InChI is InChI=1S/C26H24FN5O4.CH4/c27-21-3-1-2-4-22(21)29-16-24(33)30-20-13-9-18(10-14-20)6-5-17-7-11-19(12-8-17)25(34)31-23(15-28)26(35)32-36;/h1-4,7-14,23,29,36H,15-16,28H2,(H,30,33)(H,31,34)(H,32,35);1H4/t23-;/m0./s1. The highest BCUT2D eigenvalue weighted by atomic mass is 19.1. The molecule has 37 heavy (non-hydrogen) atoms. The molecule has 0 saturated heterocycles. The topological polar surface area (TPSA) is 146 Å². The Balaban J connectivity index is 0.00000481. The summed E-state index contributed by atoms with van der Waals surface area (Å²) in [5.74, 6) is 3.89. The van der Waals surface area contributed by atoms with E-state index >= 15 is 0 Å². The predicted octanol–water partition coefficient (Wildman–Crippen LogP) is 2.47. The summed E-state index contributed by atoms with van der Waals surface area (Å²) in [5.41, 5.74) is 9.37. The van der Waals surface area contributed by atoms with Crippen molar-refractivity contribution in [2.24, 2.45) is 5.73 Å². The fourth-order valence-corrected chi connectivity index (χ4v) is 3.02. The van der Waals surface area contributed by atoms with Crippen LogP contribution in [0.4, 0.5) is 15.8 Å². The van der Waals surface area contributed by atoms with Crippen molar-refractivity contribution >= 4 is 29.1 Å². The second kappa shape index (κ2) is 14.0. The highest BCUT2D eigenvalue weighted by molar-refractivity contribution is 5.97. The Morgan fingerprint density at radius 3 is 2.08 bits per heavy atom. The first-order valence-corrected chi connectivity index (χ1v) is 10.8. The van der Waals surface area contributed by atoms with Crippen molar-refractivity contribution in [1.82, 2.24) is 10.8 Å². The van der Waals surface area contributed by atoms with Gasteiger partial charge in [0.15, 0.2) is 0 Å². The van der Waals surface area contributed by atoms with Gasteiger partial charge in [-0.15, -0.1) is 0 Å². The number of amides is 3. The summed E-state index contributed by atoms with van der Waals surface area (Å²) in [6.07, 6.45) is 0. The maximum atomic E-state index is 13.6. The molecule has 3 amide bonds. The SMILES string of the molecule is C.NC[C@H](NC(=O)c1ccc(C#Cc2ccc(NC(=O)CNc3ccccc3F)cc2)cc1)C(=O)NO. The molecule has 10 heteroatoms. The van der Waals surface area contributed by atoms with E-state index in [4.69, 9.17) is 10.9 Å². The van der Waals surface area contributed by atoms with E-state index in [1.54, 1.807) is 66.7 Å². The molecule has 0 heterocycles. The van der Waals surface area contributed by atoms with Crippen LogP contribution in [0.1, 0.15) is 28.9 Å². The van der Waals surface area contributed by atoms with Gasteiger partial charge in [-0.25, -0.2) is 9.87 Å². The normalized spacial score (nSPS) is 10.6. The Morgan fingerprint density at radius 1 is 0.919 bits per heavy atom. The molecule has 0 fully saturated rings. The van der Waals surface area contributed by atoms with Crippen molar-refractivity contribution in [1.29, 1.82) is 0 Å². The molecule has 0 saturated carbocycles. The number of carbonyl (C=O) groups excluding carboxylic acids is 3. The molecular formula is C27H28FN5O4. The minimum absolute atomic E-state index is 0. The smallest absolute Gasteiger partial charge is 0.267 e. The van der Waals surface area contributed by atoms with Gasteiger partial charge in [-0.3, -0.25) is 19.6 Å². The highest BCUT2D eigenvalue weighted by Crippen LogP contribution is 2.13. The summed E-state index contributed by atoms with van der Waals surface area (Å²) in [4.78, 5) is 35.8. The first-order chi connectivity index (χ1) is 17.4. The van der Waals surface area contributed by atoms with Crippen LogP contribution in [-0.2, 0) is 9.59 Å². The molecule has 9 nitrogen and oxygen atoms in total. The molecule has 3 aromatic carbocycles. The number of nitrogens with one attached hydrogen (secondary N) is 4. The lowest BCUT2D eigenvalue weighted by Gasteiger charge is -2.14. The number of rotatable bonds is 8. The maximum absolute atomic E-state index is 13.6. The molecule has 7 N–H and O–H groups in total. The van der Waals surface area contributed by atoms with Gasteiger partial charge in [0.2, 0.25) is 5.91 Å². The van der Waals surface area contributed by atoms with E-state index in [1.165, 1.54) is 11.5 Å². The van der Waals surface area contributed by atoms with E-state index in [0.29, 0.717) is 22.4 Å². The molecule has 3 rings (SSSR count). The number of carbonyl (C=O) groups is 3. The highest BCUT2D eigenvalue weighted by Gasteiger charge is 2.19. The predicted molar refractivity (Wildman–Crippen MR) is 139 cm³/mol. The van der Waals surface area contributed by atoms with Crippen molar-refractivity contribution in [2.45, 2.75) is 13.5 Å². The van der Waals surface area contributed by atoms with Crippen LogP contribution >= 0.6 is 0 Å². The zero-order chi connectivity index (χ0) is 25.9. The quantitative estimate of drug-likeness (QED) is 0.158. The fraction of sp³-hybridized carbons (Fsp3) is 0.148. The first-order valence-electron chi connectivity index (χ1n) is 10.8. The van der Waals surface area contributed by atoms with Gasteiger partial charge in [0.25, 0.3) is 11.8 Å². The monoisotopic (exact) mass is 505 g/mol. The molecule has 0 aromatic heterocycles. The lowest BCUT2D eigenvalue weighted by atomic mass is 10.1. The Bertz CT molecular complexity index is 1280. The molecule has 0 aliphatic heterocycles. The molecule has 0 spiro atoms. The van der Waals surface area contributed by atoms with Crippen molar-refractivity contribution < 1.29 is 24.0 Å². The van der Waals surface area contributed by atoms with E-state index in [2.05, 4.69) is 27.8 Å². The number of hydrogen-bond donors (Lipinski definition) is 6.